The van der Waals surface area contributed by atoms with E-state index in [1.165, 1.54) is 11.3 Å². The monoisotopic (exact) mass is 362 g/mol. The SMILES string of the molecule is CCOC(O)c1c(C=O)c2sc(SC)nc2n1Cc1ccccc1. The van der Waals surface area contributed by atoms with Gasteiger partial charge in [-0.3, -0.25) is 4.79 Å². The number of carbonyl (C=O) groups excluding carboxylic acids is 1. The van der Waals surface area contributed by atoms with Crippen molar-refractivity contribution in [2.75, 3.05) is 12.9 Å². The molecule has 0 amide bonds. The number of hydrogen-bond acceptors (Lipinski definition) is 6. The third kappa shape index (κ3) is 3.12. The molecule has 0 radical (unpaired) electrons. The minimum atomic E-state index is -1.15. The molecule has 2 heterocycles. The van der Waals surface area contributed by atoms with Crippen LogP contribution in [0.5, 0.6) is 0 Å². The summed E-state index contributed by atoms with van der Waals surface area (Å²) in [4.78, 5) is 16.3. The topological polar surface area (TPSA) is 64.3 Å². The molecule has 7 heteroatoms. The van der Waals surface area contributed by atoms with Gasteiger partial charge < -0.3 is 14.4 Å². The Bertz CT molecular complexity index is 843. The predicted octanol–water partition coefficient (Wildman–Crippen LogP) is 3.71. The molecule has 0 saturated heterocycles. The number of rotatable bonds is 7. The van der Waals surface area contributed by atoms with Crippen molar-refractivity contribution >= 4 is 39.7 Å². The van der Waals surface area contributed by atoms with Crippen molar-refractivity contribution in [3.63, 3.8) is 0 Å². The molecule has 1 unspecified atom stereocenters. The summed E-state index contributed by atoms with van der Waals surface area (Å²) >= 11 is 3.00. The third-order valence-corrected chi connectivity index (χ3v) is 5.75. The third-order valence-electron chi connectivity index (χ3n) is 3.69. The van der Waals surface area contributed by atoms with E-state index in [9.17, 15) is 9.90 Å². The molecule has 1 N–H and O–H groups in total. The summed E-state index contributed by atoms with van der Waals surface area (Å²) in [6, 6.07) is 9.89. The quantitative estimate of drug-likeness (QED) is 0.394. The lowest BCUT2D eigenvalue weighted by atomic mass is 10.2. The number of aromatic nitrogens is 2. The van der Waals surface area contributed by atoms with E-state index in [4.69, 9.17) is 4.74 Å². The zero-order valence-corrected chi connectivity index (χ0v) is 15.1. The molecule has 0 spiro atoms. The van der Waals surface area contributed by atoms with Crippen LogP contribution in [0.25, 0.3) is 10.3 Å². The van der Waals surface area contributed by atoms with Gasteiger partial charge >= 0.3 is 0 Å². The number of hydrogen-bond donors (Lipinski definition) is 1. The van der Waals surface area contributed by atoms with Crippen molar-refractivity contribution in [3.8, 4) is 0 Å². The van der Waals surface area contributed by atoms with Crippen LogP contribution in [0, 0.1) is 0 Å². The number of benzene rings is 1. The Labute approximate surface area is 148 Å². The van der Waals surface area contributed by atoms with Gasteiger partial charge in [0.15, 0.2) is 22.6 Å². The van der Waals surface area contributed by atoms with Gasteiger partial charge in [-0.2, -0.15) is 0 Å². The highest BCUT2D eigenvalue weighted by Crippen LogP contribution is 2.36. The molecule has 0 bridgehead atoms. The molecular weight excluding hydrogens is 344 g/mol. The summed E-state index contributed by atoms with van der Waals surface area (Å²) in [5.41, 5.74) is 2.70. The second kappa shape index (κ2) is 7.48. The minimum absolute atomic E-state index is 0.354. The Morgan fingerprint density at radius 1 is 1.42 bits per heavy atom. The molecule has 5 nitrogen and oxygen atoms in total. The highest BCUT2D eigenvalue weighted by atomic mass is 32.2. The van der Waals surface area contributed by atoms with Crippen LogP contribution >= 0.6 is 23.1 Å². The first-order valence-corrected chi connectivity index (χ1v) is 9.59. The van der Waals surface area contributed by atoms with E-state index >= 15 is 0 Å². The van der Waals surface area contributed by atoms with E-state index in [1.807, 2.05) is 41.2 Å². The number of thiazole rings is 1. The van der Waals surface area contributed by atoms with Crippen molar-refractivity contribution in [1.82, 2.24) is 9.55 Å². The van der Waals surface area contributed by atoms with E-state index in [1.54, 1.807) is 18.7 Å². The van der Waals surface area contributed by atoms with E-state index in [0.29, 0.717) is 30.1 Å². The van der Waals surface area contributed by atoms with Gasteiger partial charge in [-0.1, -0.05) is 42.1 Å². The van der Waals surface area contributed by atoms with Gasteiger partial charge in [0.25, 0.3) is 0 Å². The highest BCUT2D eigenvalue weighted by molar-refractivity contribution is 8.00. The van der Waals surface area contributed by atoms with Gasteiger partial charge in [0.2, 0.25) is 0 Å². The van der Waals surface area contributed by atoms with Gasteiger partial charge in [-0.05, 0) is 18.7 Å². The standard InChI is InChI=1S/C17H18N2O3S2/c1-3-22-16(21)13-12(10-20)14-15(18-17(23-2)24-14)19(13)9-11-7-5-4-6-8-11/h4-8,10,16,21H,3,9H2,1-2H3. The lowest BCUT2D eigenvalue weighted by molar-refractivity contribution is -0.102. The minimum Gasteiger partial charge on any atom is -0.363 e. The van der Waals surface area contributed by atoms with Crippen molar-refractivity contribution in [2.24, 2.45) is 0 Å². The maximum Gasteiger partial charge on any atom is 0.197 e. The maximum absolute atomic E-state index is 11.7. The van der Waals surface area contributed by atoms with Gasteiger partial charge in [0.1, 0.15) is 0 Å². The van der Waals surface area contributed by atoms with Crippen LogP contribution in [0.3, 0.4) is 0 Å². The Kier molecular flexibility index (Phi) is 5.35. The van der Waals surface area contributed by atoms with E-state index in [2.05, 4.69) is 4.98 Å². The summed E-state index contributed by atoms with van der Waals surface area (Å²) in [5, 5.41) is 10.4. The van der Waals surface area contributed by atoms with Crippen LogP contribution in [-0.4, -0.2) is 33.8 Å². The second-order valence-corrected chi connectivity index (χ2v) is 7.19. The average molecular weight is 362 g/mol. The number of aldehydes is 1. The van der Waals surface area contributed by atoms with Crippen LogP contribution in [-0.2, 0) is 11.3 Å². The number of thioether (sulfide) groups is 1. The Hall–Kier alpha value is -1.67. The first-order chi connectivity index (χ1) is 11.7. The van der Waals surface area contributed by atoms with Crippen molar-refractivity contribution < 1.29 is 14.6 Å². The average Bonchev–Trinajstić information content (AvgIpc) is 3.13. The van der Waals surface area contributed by atoms with Gasteiger partial charge in [-0.15, -0.1) is 11.3 Å². The van der Waals surface area contributed by atoms with E-state index < -0.39 is 6.29 Å². The smallest absolute Gasteiger partial charge is 0.197 e. The molecule has 1 aromatic carbocycles. The number of aliphatic hydroxyl groups excluding tert-OH is 1. The Morgan fingerprint density at radius 2 is 2.17 bits per heavy atom. The Balaban J connectivity index is 2.19. The fourth-order valence-electron chi connectivity index (χ4n) is 2.66. The number of carbonyl (C=O) groups is 1. The molecule has 0 saturated carbocycles. The zero-order valence-electron chi connectivity index (χ0n) is 13.4. The summed E-state index contributed by atoms with van der Waals surface area (Å²) in [6.45, 7) is 2.68. The lowest BCUT2D eigenvalue weighted by Gasteiger charge is -2.16. The normalized spacial score (nSPS) is 12.6. The van der Waals surface area contributed by atoms with Gasteiger partial charge in [0, 0.05) is 13.2 Å². The van der Waals surface area contributed by atoms with Crippen LogP contribution < -0.4 is 0 Å². The fraction of sp³-hybridized carbons (Fsp3) is 0.294. The lowest BCUT2D eigenvalue weighted by Crippen LogP contribution is -2.13. The molecule has 0 aliphatic carbocycles. The fourth-order valence-corrected chi connectivity index (χ4v) is 4.24. The number of aliphatic hydroxyl groups is 1. The zero-order chi connectivity index (χ0) is 17.1. The summed E-state index contributed by atoms with van der Waals surface area (Å²) < 4.78 is 8.91. The van der Waals surface area contributed by atoms with Crippen LogP contribution in [0.4, 0.5) is 0 Å². The molecule has 3 aromatic rings. The van der Waals surface area contributed by atoms with Crippen LogP contribution in [0.2, 0.25) is 0 Å². The largest absolute Gasteiger partial charge is 0.363 e. The molecule has 2 aromatic heterocycles. The van der Waals surface area contributed by atoms with Gasteiger partial charge in [0.05, 0.1) is 16.0 Å². The van der Waals surface area contributed by atoms with Crippen molar-refractivity contribution in [2.45, 2.75) is 24.1 Å². The molecule has 3 rings (SSSR count). The van der Waals surface area contributed by atoms with Gasteiger partial charge in [-0.25, -0.2) is 4.98 Å². The second-order valence-electron chi connectivity index (χ2n) is 5.13. The maximum atomic E-state index is 11.7. The van der Waals surface area contributed by atoms with E-state index in [-0.39, 0.29) is 0 Å². The van der Waals surface area contributed by atoms with Crippen LogP contribution in [0.1, 0.15) is 34.8 Å². The first-order valence-electron chi connectivity index (χ1n) is 7.55. The number of fused-ring (bicyclic) bond motifs is 1. The molecule has 126 valence electrons. The molecule has 0 aliphatic rings. The van der Waals surface area contributed by atoms with Crippen LogP contribution in [0.15, 0.2) is 34.7 Å². The summed E-state index contributed by atoms with van der Waals surface area (Å²) in [7, 11) is 0. The molecule has 0 aliphatic heterocycles. The summed E-state index contributed by atoms with van der Waals surface area (Å²) in [6.07, 6.45) is 1.58. The molecule has 0 fully saturated rings. The van der Waals surface area contributed by atoms with Crippen molar-refractivity contribution in [3.05, 3.63) is 47.2 Å². The Morgan fingerprint density at radius 3 is 2.79 bits per heavy atom. The predicted molar refractivity (Wildman–Crippen MR) is 96.9 cm³/mol. The van der Waals surface area contributed by atoms with E-state index in [0.717, 1.165) is 20.9 Å². The van der Waals surface area contributed by atoms with Crippen molar-refractivity contribution in [1.29, 1.82) is 0 Å². The first kappa shape index (κ1) is 17.2. The highest BCUT2D eigenvalue weighted by Gasteiger charge is 2.26. The number of nitrogens with zero attached hydrogens (tertiary/aromatic N) is 2. The number of ether oxygens (including phenoxy) is 1. The summed E-state index contributed by atoms with van der Waals surface area (Å²) in [5.74, 6) is 0. The molecule has 24 heavy (non-hydrogen) atoms. The molecule has 1 atom stereocenters. The molecular formula is C17H18N2O3S2.